The number of hydrogen-bond acceptors (Lipinski definition) is 8. The number of aliphatic imine (C=N–C) groups is 1. The molecule has 144 valence electrons. The van der Waals surface area contributed by atoms with Gasteiger partial charge in [0.2, 0.25) is 5.76 Å². The number of sulfonamides is 1. The number of rotatable bonds is 5. The molecule has 0 bridgehead atoms. The molecule has 0 unspecified atom stereocenters. The smallest absolute Gasteiger partial charge is 0.331 e. The van der Waals surface area contributed by atoms with Crippen LogP contribution in [0.4, 0.5) is 0 Å². The molecular weight excluding hydrogens is 386 g/mol. The molecule has 3 heterocycles. The lowest BCUT2D eigenvalue weighted by Gasteiger charge is -2.07. The molecule has 4 rings (SSSR count). The number of aromatic nitrogens is 1. The van der Waals surface area contributed by atoms with E-state index < -0.39 is 22.0 Å². The molecule has 28 heavy (non-hydrogen) atoms. The van der Waals surface area contributed by atoms with Gasteiger partial charge in [-0.1, -0.05) is 17.3 Å². The molecule has 0 saturated carbocycles. The zero-order chi connectivity index (χ0) is 19.7. The second-order valence-electron chi connectivity index (χ2n) is 6.02. The maximum atomic E-state index is 12.2. The lowest BCUT2D eigenvalue weighted by molar-refractivity contribution is -0.146. The second kappa shape index (κ2) is 6.97. The van der Waals surface area contributed by atoms with E-state index in [0.29, 0.717) is 22.8 Å². The monoisotopic (exact) mass is 401 g/mol. The van der Waals surface area contributed by atoms with Crippen LogP contribution in [0.1, 0.15) is 18.2 Å². The summed E-state index contributed by atoms with van der Waals surface area (Å²) < 4.78 is 42.1. The summed E-state index contributed by atoms with van der Waals surface area (Å²) in [7, 11) is -3.66. The van der Waals surface area contributed by atoms with Gasteiger partial charge in [0, 0.05) is 11.6 Å². The van der Waals surface area contributed by atoms with E-state index in [-0.39, 0.29) is 17.3 Å². The van der Waals surface area contributed by atoms with Crippen molar-refractivity contribution in [1.29, 1.82) is 0 Å². The summed E-state index contributed by atoms with van der Waals surface area (Å²) in [5.74, 6) is 0.415. The van der Waals surface area contributed by atoms with Gasteiger partial charge in [-0.25, -0.2) is 13.2 Å². The number of amidine groups is 1. The molecule has 0 fully saturated rings. The fourth-order valence-corrected chi connectivity index (χ4v) is 3.90. The molecule has 0 saturated heterocycles. The number of hydrogen-bond donors (Lipinski definition) is 1. The van der Waals surface area contributed by atoms with Crippen LogP contribution < -0.4 is 4.72 Å². The largest absolute Gasteiger partial charge is 0.461 e. The molecule has 3 aromatic rings. The average molecular weight is 401 g/mol. The predicted octanol–water partition coefficient (Wildman–Crippen LogP) is 2.10. The summed E-state index contributed by atoms with van der Waals surface area (Å²) in [6.07, 6.45) is 1.51. The topological polar surface area (TPSA) is 124 Å². The molecule has 0 aliphatic carbocycles. The van der Waals surface area contributed by atoms with Crippen LogP contribution in [0.5, 0.6) is 0 Å². The van der Waals surface area contributed by atoms with Crippen LogP contribution in [0.15, 0.2) is 67.6 Å². The van der Waals surface area contributed by atoms with Gasteiger partial charge in [-0.05, 0) is 31.2 Å². The number of nitrogens with zero attached hydrogens (tertiary/aromatic N) is 2. The van der Waals surface area contributed by atoms with Gasteiger partial charge < -0.3 is 13.7 Å². The molecule has 1 aromatic carbocycles. The highest BCUT2D eigenvalue weighted by Crippen LogP contribution is 2.23. The van der Waals surface area contributed by atoms with Gasteiger partial charge >= 0.3 is 5.97 Å². The van der Waals surface area contributed by atoms with Crippen LogP contribution in [0.3, 0.4) is 0 Å². The Hall–Kier alpha value is -3.40. The Balaban J connectivity index is 1.43. The van der Waals surface area contributed by atoms with Crippen molar-refractivity contribution >= 4 is 21.8 Å². The Bertz CT molecular complexity index is 1150. The van der Waals surface area contributed by atoms with Gasteiger partial charge in [0.1, 0.15) is 24.2 Å². The van der Waals surface area contributed by atoms with E-state index in [1.807, 2.05) is 0 Å². The highest BCUT2D eigenvalue weighted by molar-refractivity contribution is 7.90. The first-order valence-corrected chi connectivity index (χ1v) is 9.78. The number of carbonyl (C=O) groups excluding carboxylic acids is 1. The average Bonchev–Trinajstić information content (AvgIpc) is 3.40. The molecule has 1 N–H and O–H groups in total. The molecular formula is C18H15N3O6S. The molecule has 1 aliphatic heterocycles. The van der Waals surface area contributed by atoms with Crippen molar-refractivity contribution in [1.82, 2.24) is 9.88 Å². The Morgan fingerprint density at radius 3 is 2.86 bits per heavy atom. The Morgan fingerprint density at radius 2 is 2.07 bits per heavy atom. The highest BCUT2D eigenvalue weighted by atomic mass is 32.2. The van der Waals surface area contributed by atoms with Crippen molar-refractivity contribution in [2.45, 2.75) is 24.5 Å². The van der Waals surface area contributed by atoms with Crippen LogP contribution in [-0.4, -0.2) is 31.4 Å². The fraction of sp³-hybridized carbons (Fsp3) is 0.167. The predicted molar refractivity (Wildman–Crippen MR) is 96.8 cm³/mol. The Kier molecular flexibility index (Phi) is 4.47. The second-order valence-corrected chi connectivity index (χ2v) is 7.67. The van der Waals surface area contributed by atoms with E-state index in [4.69, 9.17) is 13.7 Å². The number of fused-ring (bicyclic) bond motifs is 1. The van der Waals surface area contributed by atoms with Crippen molar-refractivity contribution in [2.75, 3.05) is 0 Å². The minimum absolute atomic E-state index is 0.111. The fourth-order valence-electron chi connectivity index (χ4n) is 2.66. The summed E-state index contributed by atoms with van der Waals surface area (Å²) in [5, 5.41) is 3.82. The summed E-state index contributed by atoms with van der Waals surface area (Å²) in [6.45, 7) is 1.40. The van der Waals surface area contributed by atoms with Crippen molar-refractivity contribution < 1.29 is 26.9 Å². The van der Waals surface area contributed by atoms with Crippen LogP contribution in [-0.2, 0) is 26.2 Å². The summed E-state index contributed by atoms with van der Waals surface area (Å²) in [6, 6.07) is 10.5. The number of benzene rings is 1. The van der Waals surface area contributed by atoms with Gasteiger partial charge in [-0.15, -0.1) is 0 Å². The van der Waals surface area contributed by atoms with Crippen molar-refractivity contribution in [3.05, 3.63) is 60.0 Å². The molecule has 10 heteroatoms. The zero-order valence-corrected chi connectivity index (χ0v) is 15.5. The molecule has 1 aliphatic rings. The molecule has 1 atom stereocenters. The van der Waals surface area contributed by atoms with Crippen LogP contribution in [0.25, 0.3) is 11.5 Å². The van der Waals surface area contributed by atoms with Gasteiger partial charge in [-0.2, -0.15) is 0 Å². The summed E-state index contributed by atoms with van der Waals surface area (Å²) >= 11 is 0. The first-order chi connectivity index (χ1) is 13.4. The maximum Gasteiger partial charge on any atom is 0.331 e. The molecule has 9 nitrogen and oxygen atoms in total. The van der Waals surface area contributed by atoms with Gasteiger partial charge in [0.05, 0.1) is 11.2 Å². The quantitative estimate of drug-likeness (QED) is 0.649. The van der Waals surface area contributed by atoms with E-state index in [1.54, 1.807) is 36.4 Å². The van der Waals surface area contributed by atoms with E-state index in [1.165, 1.54) is 19.3 Å². The first kappa shape index (κ1) is 18.0. The van der Waals surface area contributed by atoms with Crippen LogP contribution >= 0.6 is 0 Å². The molecule has 0 spiro atoms. The Labute approximate surface area is 160 Å². The zero-order valence-electron chi connectivity index (χ0n) is 14.7. The van der Waals surface area contributed by atoms with Gasteiger partial charge in [-0.3, -0.25) is 9.71 Å². The van der Waals surface area contributed by atoms with Crippen LogP contribution in [0, 0.1) is 0 Å². The molecule has 0 radical (unpaired) electrons. The Morgan fingerprint density at radius 1 is 1.25 bits per heavy atom. The number of carbonyl (C=O) groups is 1. The van der Waals surface area contributed by atoms with E-state index in [2.05, 4.69) is 14.9 Å². The third kappa shape index (κ3) is 3.41. The highest BCUT2D eigenvalue weighted by Gasteiger charge is 2.31. The van der Waals surface area contributed by atoms with Gasteiger partial charge in [0.25, 0.3) is 10.0 Å². The van der Waals surface area contributed by atoms with E-state index >= 15 is 0 Å². The van der Waals surface area contributed by atoms with Crippen molar-refractivity contribution in [3.8, 4) is 11.5 Å². The lowest BCUT2D eigenvalue weighted by Crippen LogP contribution is -2.26. The molecule has 0 amide bonds. The number of esters is 1. The third-order valence-electron chi connectivity index (χ3n) is 4.01. The minimum atomic E-state index is -3.66. The summed E-state index contributed by atoms with van der Waals surface area (Å²) in [4.78, 5) is 16.5. The maximum absolute atomic E-state index is 12.2. The molecule has 2 aromatic heterocycles. The van der Waals surface area contributed by atoms with E-state index in [9.17, 15) is 13.2 Å². The number of furan rings is 1. The van der Waals surface area contributed by atoms with Crippen molar-refractivity contribution in [2.24, 2.45) is 4.99 Å². The SMILES string of the molecule is C[C@H](N=C1NS(=O)(=O)c2ccccc21)C(=O)OCc1cc(-c2ccco2)on1. The third-order valence-corrected chi connectivity index (χ3v) is 5.41. The number of ether oxygens (including phenoxy) is 1. The van der Waals surface area contributed by atoms with E-state index in [0.717, 1.165) is 0 Å². The normalized spacial score (nSPS) is 17.1. The van der Waals surface area contributed by atoms with Gasteiger partial charge in [0.15, 0.2) is 5.76 Å². The van der Waals surface area contributed by atoms with Crippen LogP contribution in [0.2, 0.25) is 0 Å². The lowest BCUT2D eigenvalue weighted by atomic mass is 10.2. The number of nitrogens with one attached hydrogen (secondary N) is 1. The standard InChI is InChI=1S/C18H15N3O6S/c1-11(19-17-13-5-2-3-7-16(13)28(23,24)21-17)18(22)26-10-12-9-15(27-20-12)14-6-4-8-25-14/h2-9,11H,10H2,1H3,(H,19,21)/t11-/m0/s1. The first-order valence-electron chi connectivity index (χ1n) is 8.30. The summed E-state index contributed by atoms with van der Waals surface area (Å²) in [5.41, 5.74) is 0.827. The minimum Gasteiger partial charge on any atom is -0.461 e. The van der Waals surface area contributed by atoms with Crippen molar-refractivity contribution in [3.63, 3.8) is 0 Å².